The van der Waals surface area contributed by atoms with E-state index in [-0.39, 0.29) is 23.7 Å². The Bertz CT molecular complexity index is 2020. The Morgan fingerprint density at radius 3 is 2.36 bits per heavy atom. The van der Waals surface area contributed by atoms with Crippen LogP contribution < -0.4 is 10.8 Å². The Morgan fingerprint density at radius 1 is 0.894 bits per heavy atom. The van der Waals surface area contributed by atoms with Crippen molar-refractivity contribution in [3.8, 4) is 0 Å². The third-order valence-corrected chi connectivity index (χ3v) is 8.87. The van der Waals surface area contributed by atoms with Gasteiger partial charge >= 0.3 is 6.09 Å². The van der Waals surface area contributed by atoms with Gasteiger partial charge in [0.1, 0.15) is 23.1 Å². The van der Waals surface area contributed by atoms with Crippen LogP contribution >= 0.6 is 11.6 Å². The van der Waals surface area contributed by atoms with E-state index < -0.39 is 17.8 Å². The number of ether oxygens (including phenoxy) is 1. The first-order valence-corrected chi connectivity index (χ1v) is 16.0. The van der Waals surface area contributed by atoms with Crippen LogP contribution in [0, 0.1) is 5.92 Å². The second-order valence-electron chi connectivity index (χ2n) is 12.9. The van der Waals surface area contributed by atoms with Crippen molar-refractivity contribution in [1.29, 1.82) is 0 Å². The molecule has 4 N–H and O–H groups in total. The van der Waals surface area contributed by atoms with E-state index in [0.29, 0.717) is 29.5 Å². The fourth-order valence-corrected chi connectivity index (χ4v) is 6.75. The van der Waals surface area contributed by atoms with Crippen LogP contribution in [0.1, 0.15) is 64.9 Å². The molecule has 0 radical (unpaired) electrons. The van der Waals surface area contributed by atoms with Gasteiger partial charge in [-0.25, -0.2) is 4.79 Å². The van der Waals surface area contributed by atoms with E-state index in [0.717, 1.165) is 38.6 Å². The predicted molar refractivity (Wildman–Crippen MR) is 180 cm³/mol. The third-order valence-electron chi connectivity index (χ3n) is 8.47. The van der Waals surface area contributed by atoms with Gasteiger partial charge in [0.2, 0.25) is 0 Å². The van der Waals surface area contributed by atoms with E-state index in [9.17, 15) is 14.4 Å². The molecule has 3 aromatic carbocycles. The fourth-order valence-electron chi connectivity index (χ4n) is 6.47. The number of alkyl halides is 1. The molecule has 3 amide bonds. The highest BCUT2D eigenvalue weighted by atomic mass is 35.5. The quantitative estimate of drug-likeness (QED) is 0.112. The molecule has 5 aromatic rings. The summed E-state index contributed by atoms with van der Waals surface area (Å²) in [6.07, 6.45) is 0.513. The molecule has 1 fully saturated rings. The molecular weight excluding hydrogens is 618 g/mol. The lowest BCUT2D eigenvalue weighted by molar-refractivity contribution is -0.0296. The number of H-pyrrole nitrogens is 2. The minimum Gasteiger partial charge on any atom is -0.442 e. The number of carbonyl (C=O) groups excluding carboxylic acids is 3. The topological polar surface area (TPSA) is 129 Å². The first-order chi connectivity index (χ1) is 22.6. The second kappa shape index (κ2) is 11.9. The number of nitrogens with zero attached hydrogens (tertiary/aromatic N) is 1. The summed E-state index contributed by atoms with van der Waals surface area (Å²) in [6.45, 7) is 5.74. The zero-order valence-electron chi connectivity index (χ0n) is 26.1. The highest BCUT2D eigenvalue weighted by molar-refractivity contribution is 6.18. The Morgan fingerprint density at radius 2 is 1.60 bits per heavy atom. The van der Waals surface area contributed by atoms with Crippen LogP contribution in [-0.4, -0.2) is 50.8 Å². The lowest BCUT2D eigenvalue weighted by atomic mass is 9.80. The minimum atomic E-state index is -0.705. The van der Waals surface area contributed by atoms with Crippen LogP contribution in [0.4, 0.5) is 10.5 Å². The van der Waals surface area contributed by atoms with Crippen molar-refractivity contribution >= 4 is 57.0 Å². The van der Waals surface area contributed by atoms with Crippen molar-refractivity contribution in [2.24, 2.45) is 5.92 Å². The first kappa shape index (κ1) is 30.6. The van der Waals surface area contributed by atoms with Crippen LogP contribution in [0.5, 0.6) is 0 Å². The molecule has 0 saturated carbocycles. The molecule has 2 unspecified atom stereocenters. The Balaban J connectivity index is 1.14. The molecule has 240 valence electrons. The maximum atomic E-state index is 14.1. The first-order valence-electron chi connectivity index (χ1n) is 15.4. The van der Waals surface area contributed by atoms with Gasteiger partial charge < -0.3 is 24.9 Å². The van der Waals surface area contributed by atoms with Crippen LogP contribution in [0.25, 0.3) is 21.8 Å². The molecule has 11 heteroatoms. The average molecular weight is 652 g/mol. The largest absolute Gasteiger partial charge is 0.442 e. The number of para-hydroxylation sites is 1. The standard InChI is InChI=1S/C36H34ClN5O5/c1-36(2,3)46-35(45)41-47-31-17-30-32(25-10-6-5-9-24(25)31)22(18-37)19-42(30)34(44)29-16-21-14-23(12-13-27(21)40-29)38-33(43)28-15-20-8-4-7-11-26(20)39-28/h4-17,22,31-32,39-40H,18-19H2,1-3H3,(H,38,43)(H,41,45)/t22-,31?,32?/m1/s1. The Labute approximate surface area is 276 Å². The summed E-state index contributed by atoms with van der Waals surface area (Å²) in [4.78, 5) is 53.5. The SMILES string of the molecule is CC(C)(C)OC(=O)NOC1C=C2C(c3ccccc31)[C@H](CCl)CN2C(=O)c1cc2cc(NC(=O)c3cc4ccccc4[nH]3)ccc2[nH]1. The number of allylic oxidation sites excluding steroid dienone is 1. The van der Waals surface area contributed by atoms with Crippen LogP contribution in [0.15, 0.2) is 90.6 Å². The van der Waals surface area contributed by atoms with Crippen molar-refractivity contribution in [3.63, 3.8) is 0 Å². The lowest BCUT2D eigenvalue weighted by Crippen LogP contribution is -2.34. The van der Waals surface area contributed by atoms with E-state index in [1.165, 1.54) is 0 Å². The Kier molecular flexibility index (Phi) is 7.77. The summed E-state index contributed by atoms with van der Waals surface area (Å²) in [5, 5.41) is 4.68. The number of aromatic nitrogens is 2. The van der Waals surface area contributed by atoms with Gasteiger partial charge in [-0.05, 0) is 74.4 Å². The number of amides is 3. The van der Waals surface area contributed by atoms with Gasteiger partial charge in [0.25, 0.3) is 11.8 Å². The summed E-state index contributed by atoms with van der Waals surface area (Å²) in [7, 11) is 0. The molecular formula is C36H34ClN5O5. The summed E-state index contributed by atoms with van der Waals surface area (Å²) >= 11 is 6.49. The van der Waals surface area contributed by atoms with Gasteiger partial charge in [0.05, 0.1) is 0 Å². The number of benzene rings is 3. The van der Waals surface area contributed by atoms with E-state index in [1.54, 1.807) is 37.8 Å². The maximum Gasteiger partial charge on any atom is 0.431 e. The molecule has 2 aromatic heterocycles. The smallest absolute Gasteiger partial charge is 0.431 e. The van der Waals surface area contributed by atoms with Gasteiger partial charge in [-0.2, -0.15) is 5.48 Å². The normalized spacial score (nSPS) is 18.9. The molecule has 10 nitrogen and oxygen atoms in total. The number of hydrogen-bond donors (Lipinski definition) is 4. The molecule has 1 saturated heterocycles. The number of hydrogen-bond acceptors (Lipinski definition) is 5. The van der Waals surface area contributed by atoms with Crippen molar-refractivity contribution in [2.75, 3.05) is 17.7 Å². The fraction of sp³-hybridized carbons (Fsp3) is 0.250. The van der Waals surface area contributed by atoms with Crippen LogP contribution in [-0.2, 0) is 9.57 Å². The number of likely N-dealkylation sites (tertiary alicyclic amines) is 1. The maximum absolute atomic E-state index is 14.1. The number of nitrogens with one attached hydrogen (secondary N) is 4. The summed E-state index contributed by atoms with van der Waals surface area (Å²) < 4.78 is 5.34. The van der Waals surface area contributed by atoms with Gasteiger partial charge in [0.15, 0.2) is 0 Å². The van der Waals surface area contributed by atoms with Crippen LogP contribution in [0.3, 0.4) is 0 Å². The number of fused-ring (bicyclic) bond motifs is 5. The van der Waals surface area contributed by atoms with Crippen molar-refractivity contribution < 1.29 is 24.0 Å². The summed E-state index contributed by atoms with van der Waals surface area (Å²) in [5.41, 5.74) is 7.47. The summed E-state index contributed by atoms with van der Waals surface area (Å²) in [6, 6.07) is 24.6. The van der Waals surface area contributed by atoms with Crippen molar-refractivity contribution in [3.05, 3.63) is 113 Å². The number of carbonyl (C=O) groups is 3. The molecule has 1 aliphatic carbocycles. The van der Waals surface area contributed by atoms with Gasteiger partial charge in [0, 0.05) is 57.5 Å². The van der Waals surface area contributed by atoms with E-state index in [4.69, 9.17) is 21.2 Å². The van der Waals surface area contributed by atoms with E-state index in [1.807, 2.05) is 72.8 Å². The van der Waals surface area contributed by atoms with Gasteiger partial charge in [-0.1, -0.05) is 42.5 Å². The second-order valence-corrected chi connectivity index (χ2v) is 13.2. The molecule has 7 rings (SSSR count). The molecule has 1 aliphatic heterocycles. The van der Waals surface area contributed by atoms with Gasteiger partial charge in [-0.15, -0.1) is 11.6 Å². The van der Waals surface area contributed by atoms with Crippen molar-refractivity contribution in [1.82, 2.24) is 20.3 Å². The molecule has 3 heterocycles. The monoisotopic (exact) mass is 651 g/mol. The zero-order chi connectivity index (χ0) is 32.9. The number of hydroxylamine groups is 1. The lowest BCUT2D eigenvalue weighted by Gasteiger charge is -2.31. The number of halogens is 1. The number of rotatable bonds is 6. The van der Waals surface area contributed by atoms with Crippen LogP contribution in [0.2, 0.25) is 0 Å². The highest BCUT2D eigenvalue weighted by Gasteiger charge is 2.45. The van der Waals surface area contributed by atoms with E-state index >= 15 is 0 Å². The number of aromatic amines is 2. The average Bonchev–Trinajstić information content (AvgIpc) is 3.77. The van der Waals surface area contributed by atoms with Crippen molar-refractivity contribution in [2.45, 2.75) is 38.4 Å². The molecule has 0 spiro atoms. The van der Waals surface area contributed by atoms with E-state index in [2.05, 4.69) is 20.8 Å². The zero-order valence-corrected chi connectivity index (χ0v) is 26.9. The molecule has 3 atom stereocenters. The minimum absolute atomic E-state index is 0.0244. The molecule has 0 bridgehead atoms. The third kappa shape index (κ3) is 5.97. The summed E-state index contributed by atoms with van der Waals surface area (Å²) in [5.74, 6) is -0.265. The Hall–Kier alpha value is -5.06. The molecule has 2 aliphatic rings. The number of anilines is 1. The molecule has 47 heavy (non-hydrogen) atoms. The van der Waals surface area contributed by atoms with Gasteiger partial charge in [-0.3, -0.25) is 14.4 Å². The highest BCUT2D eigenvalue weighted by Crippen LogP contribution is 2.49. The predicted octanol–water partition coefficient (Wildman–Crippen LogP) is 7.39.